The molecule has 0 radical (unpaired) electrons. The first-order valence-electron chi connectivity index (χ1n) is 14.8. The van der Waals surface area contributed by atoms with Gasteiger partial charge in [0.25, 0.3) is 0 Å². The minimum absolute atomic E-state index is 0.0117. The summed E-state index contributed by atoms with van der Waals surface area (Å²) in [5.41, 5.74) is 0. The van der Waals surface area contributed by atoms with Gasteiger partial charge in [0, 0.05) is 25.8 Å². The van der Waals surface area contributed by atoms with Gasteiger partial charge >= 0.3 is 5.97 Å². The van der Waals surface area contributed by atoms with Gasteiger partial charge < -0.3 is 34.8 Å². The van der Waals surface area contributed by atoms with Gasteiger partial charge in [0.2, 0.25) is 11.8 Å². The summed E-state index contributed by atoms with van der Waals surface area (Å²) in [6, 6.07) is -1.09. The Kier molecular flexibility index (Phi) is 27.0. The van der Waals surface area contributed by atoms with Crippen LogP contribution in [-0.4, -0.2) is 74.5 Å². The molecule has 0 aromatic carbocycles. The van der Waals surface area contributed by atoms with E-state index in [9.17, 15) is 29.1 Å². The summed E-state index contributed by atoms with van der Waals surface area (Å²) in [5.74, 6) is -1.75. The number of amides is 2. The number of aldehydes is 2. The molecule has 226 valence electrons. The van der Waals surface area contributed by atoms with Crippen molar-refractivity contribution in [1.29, 1.82) is 0 Å². The number of unbranched alkanes of at least 4 members (excludes halogenated alkanes) is 14. The molecule has 0 spiro atoms. The number of nitrogens with one attached hydrogen (secondary N) is 2. The first-order valence-corrected chi connectivity index (χ1v) is 14.8. The number of rotatable bonds is 30. The lowest BCUT2D eigenvalue weighted by molar-refractivity contribution is -0.142. The number of carbonyl (C=O) groups is 5. The topological polar surface area (TPSA) is 148 Å². The first kappa shape index (κ1) is 36.7. The second-order valence-corrected chi connectivity index (χ2v) is 9.86. The van der Waals surface area contributed by atoms with Gasteiger partial charge in [0.1, 0.15) is 25.2 Å². The number of aliphatic carboxylic acids is 1. The van der Waals surface area contributed by atoms with Crippen molar-refractivity contribution < 1.29 is 38.6 Å². The molecule has 0 aliphatic rings. The van der Waals surface area contributed by atoms with E-state index >= 15 is 0 Å². The van der Waals surface area contributed by atoms with Crippen molar-refractivity contribution in [3.63, 3.8) is 0 Å². The zero-order valence-corrected chi connectivity index (χ0v) is 23.8. The van der Waals surface area contributed by atoms with E-state index in [1.54, 1.807) is 0 Å². The maximum absolute atomic E-state index is 12.2. The van der Waals surface area contributed by atoms with Crippen molar-refractivity contribution in [2.75, 3.05) is 33.0 Å². The molecule has 10 nitrogen and oxygen atoms in total. The van der Waals surface area contributed by atoms with Crippen LogP contribution >= 0.6 is 0 Å². The molecule has 0 heterocycles. The molecule has 0 saturated heterocycles. The molecule has 0 saturated carbocycles. The van der Waals surface area contributed by atoms with E-state index < -0.39 is 12.0 Å². The average molecular weight is 557 g/mol. The quantitative estimate of drug-likeness (QED) is 0.0884. The van der Waals surface area contributed by atoms with E-state index in [2.05, 4.69) is 10.6 Å². The summed E-state index contributed by atoms with van der Waals surface area (Å²) in [6.07, 6.45) is 18.9. The molecule has 0 rings (SSSR count). The lowest BCUT2D eigenvalue weighted by Crippen LogP contribution is -2.41. The Hall–Kier alpha value is -2.33. The molecule has 0 aliphatic carbocycles. The van der Waals surface area contributed by atoms with E-state index in [4.69, 9.17) is 9.47 Å². The van der Waals surface area contributed by atoms with Crippen LogP contribution < -0.4 is 10.6 Å². The molecule has 0 fully saturated rings. The van der Waals surface area contributed by atoms with Crippen LogP contribution in [0.1, 0.15) is 116 Å². The van der Waals surface area contributed by atoms with Gasteiger partial charge in [0.15, 0.2) is 0 Å². The van der Waals surface area contributed by atoms with Crippen molar-refractivity contribution in [2.24, 2.45) is 0 Å². The Labute approximate surface area is 234 Å². The lowest BCUT2D eigenvalue weighted by Gasteiger charge is -2.14. The molecule has 0 bridgehead atoms. The van der Waals surface area contributed by atoms with Crippen LogP contribution in [0.5, 0.6) is 0 Å². The highest BCUT2D eigenvalue weighted by Crippen LogP contribution is 2.13. The average Bonchev–Trinajstić information content (AvgIpc) is 2.92. The van der Waals surface area contributed by atoms with E-state index in [0.717, 1.165) is 38.4 Å². The normalized spacial score (nSPS) is 11.6. The summed E-state index contributed by atoms with van der Waals surface area (Å²) in [4.78, 5) is 55.9. The van der Waals surface area contributed by atoms with Gasteiger partial charge in [-0.25, -0.2) is 4.79 Å². The minimum Gasteiger partial charge on any atom is -0.480 e. The van der Waals surface area contributed by atoms with Gasteiger partial charge in [-0.3, -0.25) is 9.59 Å². The monoisotopic (exact) mass is 556 g/mol. The molecule has 3 N–H and O–H groups in total. The van der Waals surface area contributed by atoms with Crippen LogP contribution in [0.2, 0.25) is 0 Å². The molecular formula is C29H52N2O8. The van der Waals surface area contributed by atoms with E-state index in [0.29, 0.717) is 32.3 Å². The minimum atomic E-state index is -1.15. The van der Waals surface area contributed by atoms with E-state index in [-0.39, 0.29) is 44.4 Å². The molecule has 0 unspecified atom stereocenters. The largest absolute Gasteiger partial charge is 0.480 e. The van der Waals surface area contributed by atoms with Gasteiger partial charge in [0.05, 0.1) is 19.8 Å². The summed E-state index contributed by atoms with van der Waals surface area (Å²) in [6.45, 7) is 1.18. The fourth-order valence-corrected chi connectivity index (χ4v) is 4.14. The molecule has 0 aromatic heterocycles. The molecule has 10 heteroatoms. The number of carboxylic acid groups (broad SMARTS) is 1. The number of hydrogen-bond acceptors (Lipinski definition) is 7. The Balaban J connectivity index is 3.65. The summed E-state index contributed by atoms with van der Waals surface area (Å²) < 4.78 is 10.2. The molecule has 0 aromatic rings. The number of hydrogen-bond donors (Lipinski definition) is 3. The first-order chi connectivity index (χ1) is 19.0. The Morgan fingerprint density at radius 2 is 1.18 bits per heavy atom. The van der Waals surface area contributed by atoms with Crippen molar-refractivity contribution in [3.05, 3.63) is 0 Å². The van der Waals surface area contributed by atoms with E-state index in [1.165, 1.54) is 57.8 Å². The van der Waals surface area contributed by atoms with Crippen molar-refractivity contribution in [1.82, 2.24) is 10.6 Å². The van der Waals surface area contributed by atoms with Gasteiger partial charge in [-0.05, 0) is 19.3 Å². The Morgan fingerprint density at radius 1 is 0.641 bits per heavy atom. The number of carbonyl (C=O) groups excluding carboxylic acids is 4. The van der Waals surface area contributed by atoms with Crippen molar-refractivity contribution in [3.8, 4) is 0 Å². The van der Waals surface area contributed by atoms with Crippen LogP contribution in [0.25, 0.3) is 0 Å². The smallest absolute Gasteiger partial charge is 0.326 e. The zero-order valence-electron chi connectivity index (χ0n) is 23.8. The highest BCUT2D eigenvalue weighted by Gasteiger charge is 2.20. The van der Waals surface area contributed by atoms with Gasteiger partial charge in [-0.1, -0.05) is 77.0 Å². The van der Waals surface area contributed by atoms with Gasteiger partial charge in [-0.2, -0.15) is 0 Å². The van der Waals surface area contributed by atoms with E-state index in [1.807, 2.05) is 0 Å². The Morgan fingerprint density at radius 3 is 1.72 bits per heavy atom. The SMILES string of the molecule is O=CCCCCCCCCCCCCCCCCC(=O)N[C@@H](CCC(=O)NCCOCCOCC=O)C(=O)O. The second-order valence-electron chi connectivity index (χ2n) is 9.86. The van der Waals surface area contributed by atoms with Crippen molar-refractivity contribution in [2.45, 2.75) is 122 Å². The third kappa shape index (κ3) is 27.0. The molecule has 2 amide bonds. The van der Waals surface area contributed by atoms with Crippen LogP contribution in [0.3, 0.4) is 0 Å². The summed E-state index contributed by atoms with van der Waals surface area (Å²) in [5, 5.41) is 14.5. The zero-order chi connectivity index (χ0) is 28.8. The maximum atomic E-state index is 12.2. The third-order valence-corrected chi connectivity index (χ3v) is 6.40. The number of ether oxygens (including phenoxy) is 2. The van der Waals surface area contributed by atoms with Crippen LogP contribution in [-0.2, 0) is 33.4 Å². The fraction of sp³-hybridized carbons (Fsp3) is 0.828. The van der Waals surface area contributed by atoms with Crippen LogP contribution in [0.4, 0.5) is 0 Å². The van der Waals surface area contributed by atoms with Gasteiger partial charge in [-0.15, -0.1) is 0 Å². The van der Waals surface area contributed by atoms with Crippen LogP contribution in [0.15, 0.2) is 0 Å². The van der Waals surface area contributed by atoms with Crippen LogP contribution in [0, 0.1) is 0 Å². The summed E-state index contributed by atoms with van der Waals surface area (Å²) >= 11 is 0. The Bertz CT molecular complexity index is 645. The second kappa shape index (κ2) is 28.7. The molecule has 1 atom stereocenters. The highest BCUT2D eigenvalue weighted by atomic mass is 16.5. The number of carboxylic acids is 1. The molecular weight excluding hydrogens is 504 g/mol. The van der Waals surface area contributed by atoms with Crippen molar-refractivity contribution >= 4 is 30.4 Å². The molecule has 39 heavy (non-hydrogen) atoms. The fourth-order valence-electron chi connectivity index (χ4n) is 4.14. The lowest BCUT2D eigenvalue weighted by atomic mass is 10.0. The highest BCUT2D eigenvalue weighted by molar-refractivity contribution is 5.84. The maximum Gasteiger partial charge on any atom is 0.326 e. The predicted octanol–water partition coefficient (Wildman–Crippen LogP) is 4.12. The molecule has 0 aliphatic heterocycles. The third-order valence-electron chi connectivity index (χ3n) is 6.40. The summed E-state index contributed by atoms with van der Waals surface area (Å²) in [7, 11) is 0. The predicted molar refractivity (Wildman–Crippen MR) is 149 cm³/mol. The standard InChI is InChI=1S/C29H52N2O8/c32-20-15-13-11-9-7-5-3-1-2-4-6-8-10-12-14-16-28(35)31-26(29(36)37)17-18-27(34)30-19-22-38-24-25-39-23-21-33/h20-21,26H,1-19,22-25H2,(H,30,34)(H,31,35)(H,36,37)/t26-/m0/s1.